The molecule has 0 saturated heterocycles. The molecule has 0 bridgehead atoms. The first-order valence-electron chi connectivity index (χ1n) is 5.09. The molecule has 1 fully saturated rings. The van der Waals surface area contributed by atoms with Gasteiger partial charge in [-0.2, -0.15) is 0 Å². The van der Waals surface area contributed by atoms with Gasteiger partial charge in [-0.25, -0.2) is 0 Å². The highest BCUT2D eigenvalue weighted by molar-refractivity contribution is 9.09. The third kappa shape index (κ3) is 4.12. The average Bonchev–Trinajstić information content (AvgIpc) is 2.94. The number of hydrogen-bond donors (Lipinski definition) is 1. The van der Waals surface area contributed by atoms with Crippen LogP contribution in [-0.2, 0) is 4.79 Å². The number of carbonyl (C=O) groups excluding carboxylic acids is 1. The molecule has 0 heterocycles. The number of carbonyl (C=O) groups is 1. The molecule has 0 radical (unpaired) electrons. The SMILES string of the molecule is CC(C(=O)NCCCCBr)C1CC1. The van der Waals surface area contributed by atoms with Crippen molar-refractivity contribution in [3.63, 3.8) is 0 Å². The monoisotopic (exact) mass is 247 g/mol. The van der Waals surface area contributed by atoms with E-state index in [1.165, 1.54) is 12.8 Å². The van der Waals surface area contributed by atoms with Crippen LogP contribution in [0.25, 0.3) is 0 Å². The summed E-state index contributed by atoms with van der Waals surface area (Å²) in [6.07, 6.45) is 4.71. The minimum absolute atomic E-state index is 0.240. The van der Waals surface area contributed by atoms with Crippen LogP contribution in [0.4, 0.5) is 0 Å². The molecule has 1 N–H and O–H groups in total. The molecule has 1 saturated carbocycles. The van der Waals surface area contributed by atoms with Gasteiger partial charge in [-0.1, -0.05) is 22.9 Å². The maximum Gasteiger partial charge on any atom is 0.223 e. The Balaban J connectivity index is 2.02. The van der Waals surface area contributed by atoms with Gasteiger partial charge in [0.25, 0.3) is 0 Å². The maximum atomic E-state index is 11.5. The number of hydrogen-bond acceptors (Lipinski definition) is 1. The molecule has 1 aliphatic carbocycles. The molecular weight excluding hydrogens is 230 g/mol. The first-order chi connectivity index (χ1) is 6.25. The van der Waals surface area contributed by atoms with E-state index >= 15 is 0 Å². The Morgan fingerprint density at radius 3 is 2.77 bits per heavy atom. The second-order valence-electron chi connectivity index (χ2n) is 3.81. The van der Waals surface area contributed by atoms with Crippen LogP contribution in [0.2, 0.25) is 0 Å². The lowest BCUT2D eigenvalue weighted by atomic mass is 10.1. The zero-order chi connectivity index (χ0) is 9.68. The van der Waals surface area contributed by atoms with Crippen molar-refractivity contribution < 1.29 is 4.79 Å². The standard InChI is InChI=1S/C10H18BrNO/c1-8(9-4-5-9)10(13)12-7-3-2-6-11/h8-9H,2-7H2,1H3,(H,12,13). The van der Waals surface area contributed by atoms with Crippen molar-refractivity contribution in [2.45, 2.75) is 32.6 Å². The van der Waals surface area contributed by atoms with E-state index in [0.29, 0.717) is 5.92 Å². The number of halogens is 1. The molecule has 1 unspecified atom stereocenters. The van der Waals surface area contributed by atoms with Gasteiger partial charge in [-0.05, 0) is 31.6 Å². The summed E-state index contributed by atoms with van der Waals surface area (Å²) in [4.78, 5) is 11.5. The average molecular weight is 248 g/mol. The number of amides is 1. The van der Waals surface area contributed by atoms with Crippen LogP contribution < -0.4 is 5.32 Å². The molecule has 1 aliphatic rings. The molecule has 76 valence electrons. The summed E-state index contributed by atoms with van der Waals surface area (Å²) >= 11 is 3.37. The van der Waals surface area contributed by atoms with Gasteiger partial charge in [0.1, 0.15) is 0 Å². The molecule has 2 nitrogen and oxygen atoms in total. The van der Waals surface area contributed by atoms with E-state index in [4.69, 9.17) is 0 Å². The summed E-state index contributed by atoms with van der Waals surface area (Å²) in [7, 11) is 0. The normalized spacial score (nSPS) is 18.3. The second-order valence-corrected chi connectivity index (χ2v) is 4.61. The quantitative estimate of drug-likeness (QED) is 0.567. The van der Waals surface area contributed by atoms with Crippen LogP contribution in [0.1, 0.15) is 32.6 Å². The predicted molar refractivity (Wildman–Crippen MR) is 57.9 cm³/mol. The van der Waals surface area contributed by atoms with Gasteiger partial charge >= 0.3 is 0 Å². The fraction of sp³-hybridized carbons (Fsp3) is 0.900. The topological polar surface area (TPSA) is 29.1 Å². The molecule has 1 rings (SSSR count). The zero-order valence-electron chi connectivity index (χ0n) is 8.18. The molecular formula is C10H18BrNO. The lowest BCUT2D eigenvalue weighted by Crippen LogP contribution is -2.30. The van der Waals surface area contributed by atoms with Crippen molar-refractivity contribution in [3.8, 4) is 0 Å². The van der Waals surface area contributed by atoms with Gasteiger partial charge in [0.05, 0.1) is 0 Å². The smallest absolute Gasteiger partial charge is 0.223 e. The molecule has 13 heavy (non-hydrogen) atoms. The van der Waals surface area contributed by atoms with Crippen molar-refractivity contribution in [2.24, 2.45) is 11.8 Å². The maximum absolute atomic E-state index is 11.5. The van der Waals surface area contributed by atoms with E-state index in [9.17, 15) is 4.79 Å². The van der Waals surface area contributed by atoms with E-state index in [0.717, 1.165) is 24.7 Å². The second kappa shape index (κ2) is 5.63. The van der Waals surface area contributed by atoms with E-state index in [-0.39, 0.29) is 11.8 Å². The van der Waals surface area contributed by atoms with Gasteiger partial charge in [0, 0.05) is 17.8 Å². The summed E-state index contributed by atoms with van der Waals surface area (Å²) in [5, 5.41) is 4.01. The first-order valence-corrected chi connectivity index (χ1v) is 6.21. The van der Waals surface area contributed by atoms with Crippen LogP contribution in [0.15, 0.2) is 0 Å². The third-order valence-corrected chi connectivity index (χ3v) is 3.16. The van der Waals surface area contributed by atoms with Crippen LogP contribution in [0.3, 0.4) is 0 Å². The van der Waals surface area contributed by atoms with Crippen LogP contribution in [0, 0.1) is 11.8 Å². The number of nitrogens with one attached hydrogen (secondary N) is 1. The van der Waals surface area contributed by atoms with Gasteiger partial charge in [-0.3, -0.25) is 4.79 Å². The molecule has 3 heteroatoms. The predicted octanol–water partition coefficient (Wildman–Crippen LogP) is 2.32. The minimum Gasteiger partial charge on any atom is -0.356 e. The van der Waals surface area contributed by atoms with Gasteiger partial charge in [0.2, 0.25) is 5.91 Å². The number of unbranched alkanes of at least 4 members (excludes halogenated alkanes) is 1. The lowest BCUT2D eigenvalue weighted by molar-refractivity contribution is -0.125. The van der Waals surface area contributed by atoms with Crippen LogP contribution >= 0.6 is 15.9 Å². The summed E-state index contributed by atoms with van der Waals surface area (Å²) in [6, 6.07) is 0. The largest absolute Gasteiger partial charge is 0.356 e. The number of rotatable bonds is 6. The van der Waals surface area contributed by atoms with Gasteiger partial charge in [-0.15, -0.1) is 0 Å². The Morgan fingerprint density at radius 1 is 1.54 bits per heavy atom. The fourth-order valence-corrected chi connectivity index (χ4v) is 1.80. The highest BCUT2D eigenvalue weighted by Crippen LogP contribution is 2.36. The van der Waals surface area contributed by atoms with Crippen molar-refractivity contribution in [2.75, 3.05) is 11.9 Å². The number of alkyl halides is 1. The Bertz CT molecular complexity index is 168. The summed E-state index contributed by atoms with van der Waals surface area (Å²) in [5.74, 6) is 1.16. The lowest BCUT2D eigenvalue weighted by Gasteiger charge is -2.10. The Hall–Kier alpha value is -0.0500. The van der Waals surface area contributed by atoms with Crippen molar-refractivity contribution >= 4 is 21.8 Å². The molecule has 0 spiro atoms. The fourth-order valence-electron chi connectivity index (χ4n) is 1.40. The Kier molecular flexibility index (Phi) is 4.78. The van der Waals surface area contributed by atoms with Crippen LogP contribution in [-0.4, -0.2) is 17.8 Å². The van der Waals surface area contributed by atoms with E-state index in [1.54, 1.807) is 0 Å². The summed E-state index contributed by atoms with van der Waals surface area (Å²) < 4.78 is 0. The van der Waals surface area contributed by atoms with Gasteiger partial charge in [0.15, 0.2) is 0 Å². The molecule has 0 aliphatic heterocycles. The Morgan fingerprint density at radius 2 is 2.23 bits per heavy atom. The molecule has 0 aromatic rings. The molecule has 1 amide bonds. The summed E-state index contributed by atoms with van der Waals surface area (Å²) in [5.41, 5.74) is 0. The van der Waals surface area contributed by atoms with E-state index < -0.39 is 0 Å². The van der Waals surface area contributed by atoms with E-state index in [1.807, 2.05) is 6.92 Å². The molecule has 1 atom stereocenters. The summed E-state index contributed by atoms with van der Waals surface area (Å²) in [6.45, 7) is 2.87. The van der Waals surface area contributed by atoms with Crippen LogP contribution in [0.5, 0.6) is 0 Å². The van der Waals surface area contributed by atoms with E-state index in [2.05, 4.69) is 21.2 Å². The van der Waals surface area contributed by atoms with Crippen molar-refractivity contribution in [1.82, 2.24) is 5.32 Å². The first kappa shape index (κ1) is 11.0. The molecule has 0 aromatic heterocycles. The highest BCUT2D eigenvalue weighted by atomic mass is 79.9. The van der Waals surface area contributed by atoms with Crippen molar-refractivity contribution in [3.05, 3.63) is 0 Å². The Labute approximate surface area is 88.6 Å². The molecule has 0 aromatic carbocycles. The highest BCUT2D eigenvalue weighted by Gasteiger charge is 2.32. The van der Waals surface area contributed by atoms with Gasteiger partial charge < -0.3 is 5.32 Å². The zero-order valence-corrected chi connectivity index (χ0v) is 9.77. The third-order valence-electron chi connectivity index (χ3n) is 2.60. The minimum atomic E-state index is 0.240. The van der Waals surface area contributed by atoms with Crippen molar-refractivity contribution in [1.29, 1.82) is 0 Å².